The fourth-order valence-corrected chi connectivity index (χ4v) is 5.91. The van der Waals surface area contributed by atoms with Crippen molar-refractivity contribution in [2.45, 2.75) is 77.9 Å². The van der Waals surface area contributed by atoms with E-state index in [9.17, 15) is 18.0 Å². The summed E-state index contributed by atoms with van der Waals surface area (Å²) in [7, 11) is -4.10. The van der Waals surface area contributed by atoms with Crippen LogP contribution in [0, 0.1) is 13.8 Å². The second-order valence-corrected chi connectivity index (χ2v) is 12.2. The highest BCUT2D eigenvalue weighted by molar-refractivity contribution is 7.92. The third-order valence-corrected chi connectivity index (χ3v) is 8.91. The van der Waals surface area contributed by atoms with Crippen molar-refractivity contribution in [1.82, 2.24) is 10.2 Å². The van der Waals surface area contributed by atoms with Gasteiger partial charge in [-0.3, -0.25) is 13.9 Å². The molecule has 1 N–H and O–H groups in total. The summed E-state index contributed by atoms with van der Waals surface area (Å²) in [5.74, 6) is -0.743. The molecule has 0 heterocycles. The maximum atomic E-state index is 14.1. The van der Waals surface area contributed by atoms with Crippen LogP contribution in [0.5, 0.6) is 0 Å². The van der Waals surface area contributed by atoms with Crippen LogP contribution in [0.1, 0.15) is 56.4 Å². The lowest BCUT2D eigenvalue weighted by atomic mass is 10.1. The second-order valence-electron chi connectivity index (χ2n) is 10.3. The first-order chi connectivity index (χ1) is 19.0. The number of hydrogen-bond donors (Lipinski definition) is 1. The minimum Gasteiger partial charge on any atom is -0.352 e. The van der Waals surface area contributed by atoms with Gasteiger partial charge >= 0.3 is 0 Å². The number of hydrogen-bond acceptors (Lipinski definition) is 4. The minimum atomic E-state index is -4.10. The molecule has 0 fully saturated rings. The maximum absolute atomic E-state index is 14.1. The van der Waals surface area contributed by atoms with Crippen molar-refractivity contribution >= 4 is 27.5 Å². The summed E-state index contributed by atoms with van der Waals surface area (Å²) < 4.78 is 29.3. The van der Waals surface area contributed by atoms with Crippen LogP contribution in [-0.4, -0.2) is 43.8 Å². The molecule has 40 heavy (non-hydrogen) atoms. The number of carbonyl (C=O) groups excluding carboxylic acids is 2. The Kier molecular flexibility index (Phi) is 10.5. The Morgan fingerprint density at radius 2 is 1.55 bits per heavy atom. The Morgan fingerprint density at radius 3 is 2.17 bits per heavy atom. The van der Waals surface area contributed by atoms with E-state index in [1.807, 2.05) is 71.0 Å². The van der Waals surface area contributed by atoms with E-state index >= 15 is 0 Å². The van der Waals surface area contributed by atoms with Crippen LogP contribution in [0.25, 0.3) is 0 Å². The summed E-state index contributed by atoms with van der Waals surface area (Å²) in [5.41, 5.74) is 4.08. The quantitative estimate of drug-likeness (QED) is 0.320. The number of para-hydroxylation sites is 1. The van der Waals surface area contributed by atoms with Crippen LogP contribution >= 0.6 is 0 Å². The average Bonchev–Trinajstić information content (AvgIpc) is 2.94. The van der Waals surface area contributed by atoms with Gasteiger partial charge in [-0.2, -0.15) is 0 Å². The second kappa shape index (κ2) is 13.6. The molecule has 0 bridgehead atoms. The van der Waals surface area contributed by atoms with Gasteiger partial charge in [0, 0.05) is 12.6 Å². The zero-order valence-corrected chi connectivity index (χ0v) is 25.2. The van der Waals surface area contributed by atoms with E-state index in [0.717, 1.165) is 28.7 Å². The SMILES string of the molecule is CCc1ccccc1N(CC(=O)N(Cc1cccc(C)c1)[C@@H](C)C(=O)N[C@H](C)CC)S(=O)(=O)c1ccc(C)cc1. The number of carbonyl (C=O) groups is 2. The Bertz CT molecular complexity index is 1420. The molecule has 0 aliphatic carbocycles. The van der Waals surface area contributed by atoms with Gasteiger partial charge in [0.05, 0.1) is 10.6 Å². The summed E-state index contributed by atoms with van der Waals surface area (Å²) in [6.07, 6.45) is 1.34. The van der Waals surface area contributed by atoms with E-state index in [0.29, 0.717) is 12.1 Å². The fraction of sp³-hybridized carbons (Fsp3) is 0.375. The lowest BCUT2D eigenvalue weighted by molar-refractivity contribution is -0.139. The zero-order chi connectivity index (χ0) is 29.4. The fourth-order valence-electron chi connectivity index (χ4n) is 4.46. The predicted molar refractivity (Wildman–Crippen MR) is 161 cm³/mol. The van der Waals surface area contributed by atoms with Crippen molar-refractivity contribution in [2.75, 3.05) is 10.8 Å². The summed E-state index contributed by atoms with van der Waals surface area (Å²) in [6, 6.07) is 20.7. The van der Waals surface area contributed by atoms with E-state index in [2.05, 4.69) is 5.32 Å². The largest absolute Gasteiger partial charge is 0.352 e. The predicted octanol–water partition coefficient (Wildman–Crippen LogP) is 5.39. The molecule has 2 atom stereocenters. The van der Waals surface area contributed by atoms with Crippen molar-refractivity contribution in [1.29, 1.82) is 0 Å². The van der Waals surface area contributed by atoms with Gasteiger partial charge in [0.25, 0.3) is 10.0 Å². The number of benzene rings is 3. The highest BCUT2D eigenvalue weighted by Gasteiger charge is 2.33. The van der Waals surface area contributed by atoms with Crippen molar-refractivity contribution in [3.8, 4) is 0 Å². The molecule has 7 nitrogen and oxygen atoms in total. The Balaban J connectivity index is 2.06. The van der Waals surface area contributed by atoms with Gasteiger partial charge in [0.15, 0.2) is 0 Å². The maximum Gasteiger partial charge on any atom is 0.264 e. The number of sulfonamides is 1. The molecular weight excluding hydrogens is 522 g/mol. The van der Waals surface area contributed by atoms with Gasteiger partial charge in [-0.05, 0) is 69.9 Å². The van der Waals surface area contributed by atoms with Crippen molar-refractivity contribution < 1.29 is 18.0 Å². The smallest absolute Gasteiger partial charge is 0.264 e. The highest BCUT2D eigenvalue weighted by atomic mass is 32.2. The van der Waals surface area contributed by atoms with Crippen LogP contribution in [0.2, 0.25) is 0 Å². The van der Waals surface area contributed by atoms with Crippen LogP contribution < -0.4 is 9.62 Å². The monoisotopic (exact) mass is 563 g/mol. The molecule has 3 aromatic carbocycles. The molecule has 3 aromatic rings. The molecule has 0 aliphatic rings. The Hall–Kier alpha value is -3.65. The van der Waals surface area contributed by atoms with E-state index in [1.165, 1.54) is 9.21 Å². The van der Waals surface area contributed by atoms with Crippen LogP contribution in [-0.2, 0) is 32.6 Å². The third-order valence-electron chi connectivity index (χ3n) is 7.13. The van der Waals surface area contributed by atoms with Gasteiger partial charge in [-0.15, -0.1) is 0 Å². The molecule has 2 amide bonds. The van der Waals surface area contributed by atoms with Gasteiger partial charge in [0.1, 0.15) is 12.6 Å². The Morgan fingerprint density at radius 1 is 0.875 bits per heavy atom. The van der Waals surface area contributed by atoms with Gasteiger partial charge < -0.3 is 10.2 Å². The summed E-state index contributed by atoms with van der Waals surface area (Å²) in [4.78, 5) is 28.8. The molecule has 8 heteroatoms. The summed E-state index contributed by atoms with van der Waals surface area (Å²) in [5, 5.41) is 2.96. The van der Waals surface area contributed by atoms with Crippen molar-refractivity contribution in [3.05, 3.63) is 95.1 Å². The normalized spacial score (nSPS) is 12.8. The molecule has 214 valence electrons. The number of aryl methyl sites for hydroxylation is 3. The van der Waals surface area contributed by atoms with E-state index < -0.39 is 28.5 Å². The molecule has 0 spiro atoms. The van der Waals surface area contributed by atoms with Crippen LogP contribution in [0.4, 0.5) is 5.69 Å². The average molecular weight is 564 g/mol. The zero-order valence-electron chi connectivity index (χ0n) is 24.3. The molecule has 0 saturated heterocycles. The minimum absolute atomic E-state index is 0.0549. The molecule has 0 unspecified atom stereocenters. The van der Waals surface area contributed by atoms with Gasteiger partial charge in [-0.1, -0.05) is 79.6 Å². The first-order valence-electron chi connectivity index (χ1n) is 13.8. The standard InChI is InChI=1S/C32H41N3O4S/c1-7-25(5)33-32(37)26(6)34(21-27-13-11-12-24(4)20-27)31(36)22-35(30-15-10-9-14-28(30)8-2)40(38,39)29-18-16-23(3)17-19-29/h9-20,25-26H,7-8,21-22H2,1-6H3,(H,33,37)/t25-,26+/m1/s1. The van der Waals surface area contributed by atoms with Crippen molar-refractivity contribution in [3.63, 3.8) is 0 Å². The van der Waals surface area contributed by atoms with Gasteiger partial charge in [-0.25, -0.2) is 8.42 Å². The highest BCUT2D eigenvalue weighted by Crippen LogP contribution is 2.28. The Labute approximate surface area is 239 Å². The summed E-state index contributed by atoms with van der Waals surface area (Å²) >= 11 is 0. The number of nitrogens with one attached hydrogen (secondary N) is 1. The summed E-state index contributed by atoms with van der Waals surface area (Å²) in [6.45, 7) is 11.1. The number of anilines is 1. The number of nitrogens with zero attached hydrogens (tertiary/aromatic N) is 2. The molecule has 3 rings (SSSR count). The number of rotatable bonds is 12. The molecule has 0 aliphatic heterocycles. The molecule has 0 radical (unpaired) electrons. The van der Waals surface area contributed by atoms with E-state index in [1.54, 1.807) is 43.3 Å². The van der Waals surface area contributed by atoms with Gasteiger partial charge in [0.2, 0.25) is 11.8 Å². The third kappa shape index (κ3) is 7.50. The molecular formula is C32H41N3O4S. The topological polar surface area (TPSA) is 86.8 Å². The molecule has 0 saturated carbocycles. The first-order valence-corrected chi connectivity index (χ1v) is 15.2. The van der Waals surface area contributed by atoms with Crippen LogP contribution in [0.3, 0.4) is 0 Å². The lowest BCUT2D eigenvalue weighted by Gasteiger charge is -2.33. The lowest BCUT2D eigenvalue weighted by Crippen LogP contribution is -2.52. The van der Waals surface area contributed by atoms with E-state index in [4.69, 9.17) is 0 Å². The first kappa shape index (κ1) is 30.9. The van der Waals surface area contributed by atoms with Crippen LogP contribution in [0.15, 0.2) is 77.7 Å². The van der Waals surface area contributed by atoms with E-state index in [-0.39, 0.29) is 23.4 Å². The number of amides is 2. The van der Waals surface area contributed by atoms with Crippen molar-refractivity contribution in [2.24, 2.45) is 0 Å². The molecule has 0 aromatic heterocycles.